The molecule has 3 heterocycles. The van der Waals surface area contributed by atoms with Gasteiger partial charge >= 0.3 is 0 Å². The summed E-state index contributed by atoms with van der Waals surface area (Å²) >= 11 is 5.12. The first-order valence-electron chi connectivity index (χ1n) is 6.71. The van der Waals surface area contributed by atoms with Gasteiger partial charge in [-0.25, -0.2) is 0 Å². The van der Waals surface area contributed by atoms with Crippen molar-refractivity contribution in [3.63, 3.8) is 0 Å². The Kier molecular flexibility index (Phi) is 2.11. The highest BCUT2D eigenvalue weighted by molar-refractivity contribution is 7.84. The molecule has 3 rings (SSSR count). The maximum Gasteiger partial charge on any atom is 0.171 e. The van der Waals surface area contributed by atoms with Gasteiger partial charge in [0.25, 0.3) is 0 Å². The van der Waals surface area contributed by atoms with E-state index in [9.17, 15) is 0 Å². The molecule has 3 saturated heterocycles. The van der Waals surface area contributed by atoms with Crippen LogP contribution in [0.2, 0.25) is 10.6 Å². The van der Waals surface area contributed by atoms with E-state index in [4.69, 9.17) is 12.6 Å². The Bertz CT molecular complexity index is 266. The summed E-state index contributed by atoms with van der Waals surface area (Å²) in [6.45, 7) is 6.02. The van der Waals surface area contributed by atoms with E-state index < -0.39 is 0 Å². The summed E-state index contributed by atoms with van der Waals surface area (Å²) in [7, 11) is 0. The van der Waals surface area contributed by atoms with Crippen molar-refractivity contribution >= 4 is 19.3 Å². The molecule has 3 atom stereocenters. The van der Waals surface area contributed by atoms with Crippen LogP contribution in [0.4, 0.5) is 0 Å². The Labute approximate surface area is 100 Å². The molecular formula is C13H23BS. The number of rotatable bonds is 0. The molecule has 15 heavy (non-hydrogen) atoms. The van der Waals surface area contributed by atoms with E-state index in [0.717, 1.165) is 6.71 Å². The zero-order chi connectivity index (χ0) is 10.7. The molecule has 0 amide bonds. The van der Waals surface area contributed by atoms with Crippen molar-refractivity contribution in [3.05, 3.63) is 0 Å². The predicted octanol–water partition coefficient (Wildman–Crippen LogP) is 4.37. The molecule has 0 aromatic heterocycles. The van der Waals surface area contributed by atoms with Crippen molar-refractivity contribution in [1.82, 2.24) is 0 Å². The van der Waals surface area contributed by atoms with Crippen LogP contribution in [-0.2, 0) is 0 Å². The van der Waals surface area contributed by atoms with Crippen molar-refractivity contribution in [1.29, 1.82) is 0 Å². The highest BCUT2D eigenvalue weighted by atomic mass is 32.1. The molecule has 0 N–H and O–H groups in total. The minimum absolute atomic E-state index is 0.405. The van der Waals surface area contributed by atoms with E-state index >= 15 is 0 Å². The van der Waals surface area contributed by atoms with Gasteiger partial charge in [0, 0.05) is 0 Å². The molecule has 0 nitrogen and oxygen atoms in total. The van der Waals surface area contributed by atoms with Crippen LogP contribution in [0.1, 0.15) is 65.2 Å². The van der Waals surface area contributed by atoms with Gasteiger partial charge in [-0.1, -0.05) is 63.0 Å². The average Bonchev–Trinajstić information content (AvgIpc) is 2.41. The number of thiol groups is 1. The van der Waals surface area contributed by atoms with Crippen molar-refractivity contribution in [2.75, 3.05) is 0 Å². The Morgan fingerprint density at radius 2 is 1.33 bits per heavy atom. The molecular weight excluding hydrogens is 199 g/mol. The van der Waals surface area contributed by atoms with Crippen LogP contribution in [0.25, 0.3) is 0 Å². The van der Waals surface area contributed by atoms with E-state index in [0.29, 0.717) is 15.3 Å². The third kappa shape index (κ3) is 1.30. The van der Waals surface area contributed by atoms with E-state index in [-0.39, 0.29) is 0 Å². The second-order valence-electron chi connectivity index (χ2n) is 7.05. The molecule has 3 fully saturated rings. The second kappa shape index (κ2) is 3.00. The first kappa shape index (κ1) is 10.6. The van der Waals surface area contributed by atoms with Crippen LogP contribution in [-0.4, -0.2) is 11.4 Å². The minimum Gasteiger partial charge on any atom is -0.181 e. The lowest BCUT2D eigenvalue weighted by atomic mass is 9.15. The highest BCUT2D eigenvalue weighted by Gasteiger charge is 2.64. The zero-order valence-corrected chi connectivity index (χ0v) is 11.1. The molecule has 2 heteroatoms. The molecule has 0 aromatic carbocycles. The van der Waals surface area contributed by atoms with E-state index in [1.54, 1.807) is 0 Å². The normalized spacial score (nSPS) is 54.2. The van der Waals surface area contributed by atoms with Crippen LogP contribution < -0.4 is 0 Å². The lowest BCUT2D eigenvalue weighted by Gasteiger charge is -2.54. The lowest BCUT2D eigenvalue weighted by molar-refractivity contribution is 0.357. The number of hydrogen-bond donors (Lipinski definition) is 1. The smallest absolute Gasteiger partial charge is 0.171 e. The fraction of sp³-hybridized carbons (Fsp3) is 1.00. The second-order valence-corrected chi connectivity index (χ2v) is 7.94. The first-order chi connectivity index (χ1) is 6.99. The van der Waals surface area contributed by atoms with Gasteiger partial charge in [0.15, 0.2) is 6.71 Å². The first-order valence-corrected chi connectivity index (χ1v) is 7.16. The topological polar surface area (TPSA) is 0 Å². The maximum absolute atomic E-state index is 5.12. The van der Waals surface area contributed by atoms with E-state index in [1.165, 1.54) is 51.4 Å². The van der Waals surface area contributed by atoms with Crippen molar-refractivity contribution < 1.29 is 0 Å². The van der Waals surface area contributed by atoms with Gasteiger partial charge in [-0.15, -0.1) is 0 Å². The molecule has 3 unspecified atom stereocenters. The largest absolute Gasteiger partial charge is 0.181 e. The van der Waals surface area contributed by atoms with Crippen LogP contribution in [0.5, 0.6) is 0 Å². The average molecular weight is 222 g/mol. The lowest BCUT2D eigenvalue weighted by Crippen LogP contribution is -2.54. The summed E-state index contributed by atoms with van der Waals surface area (Å²) in [5.41, 5.74) is 0. The summed E-state index contributed by atoms with van der Waals surface area (Å²) in [6, 6.07) is 0. The molecule has 0 aromatic rings. The summed E-state index contributed by atoms with van der Waals surface area (Å²) in [5, 5.41) is 1.26. The fourth-order valence-electron chi connectivity index (χ4n) is 5.58. The molecule has 3 aliphatic heterocycles. The minimum atomic E-state index is 0.405. The Morgan fingerprint density at radius 3 is 2.00 bits per heavy atom. The maximum atomic E-state index is 5.12. The zero-order valence-electron chi connectivity index (χ0n) is 10.2. The molecule has 0 spiro atoms. The van der Waals surface area contributed by atoms with Gasteiger partial charge in [-0.3, -0.25) is 0 Å². The summed E-state index contributed by atoms with van der Waals surface area (Å²) in [6.07, 6.45) is 11.5. The van der Waals surface area contributed by atoms with Crippen molar-refractivity contribution in [2.24, 2.45) is 0 Å². The molecule has 0 bridgehead atoms. The summed E-state index contributed by atoms with van der Waals surface area (Å²) in [4.78, 5) is 0. The summed E-state index contributed by atoms with van der Waals surface area (Å²) < 4.78 is 0.405. The number of hydrogen-bond acceptors (Lipinski definition) is 1. The third-order valence-corrected chi connectivity index (χ3v) is 6.62. The Hall–Kier alpha value is 0.415. The Balaban J connectivity index is 2.05. The van der Waals surface area contributed by atoms with Gasteiger partial charge in [-0.2, -0.15) is 12.6 Å². The van der Waals surface area contributed by atoms with Gasteiger partial charge < -0.3 is 0 Å². The molecule has 0 aliphatic carbocycles. The van der Waals surface area contributed by atoms with Crippen LogP contribution in [0.15, 0.2) is 0 Å². The highest BCUT2D eigenvalue weighted by Crippen LogP contribution is 2.69. The van der Waals surface area contributed by atoms with Gasteiger partial charge in [-0.05, 0) is 17.5 Å². The molecule has 3 aliphatic rings. The van der Waals surface area contributed by atoms with Gasteiger partial charge in [0.2, 0.25) is 0 Å². The van der Waals surface area contributed by atoms with E-state index in [2.05, 4.69) is 13.8 Å². The standard InChI is InChI=1S/C13H23BS/c1-11-5-3-6-12(2)9-10-13(15,14(11)12)8-4-7-11/h15H,3-10H2,1-2H3. The third-order valence-electron chi connectivity index (χ3n) is 5.91. The van der Waals surface area contributed by atoms with Crippen LogP contribution >= 0.6 is 12.6 Å². The summed E-state index contributed by atoms with van der Waals surface area (Å²) in [5.74, 6) is 0. The SMILES string of the molecule is CC12CCCC3(C)CCC(S)(CCC1)B23. The van der Waals surface area contributed by atoms with Crippen LogP contribution in [0, 0.1) is 0 Å². The Morgan fingerprint density at radius 1 is 0.800 bits per heavy atom. The van der Waals surface area contributed by atoms with Gasteiger partial charge in [0.05, 0.1) is 0 Å². The molecule has 84 valence electrons. The fourth-order valence-corrected chi connectivity index (χ4v) is 6.47. The quantitative estimate of drug-likeness (QED) is 0.456. The van der Waals surface area contributed by atoms with Crippen LogP contribution in [0.3, 0.4) is 0 Å². The monoisotopic (exact) mass is 222 g/mol. The predicted molar refractivity (Wildman–Crippen MR) is 71.1 cm³/mol. The van der Waals surface area contributed by atoms with Crippen molar-refractivity contribution in [2.45, 2.75) is 80.5 Å². The molecule has 0 saturated carbocycles. The molecule has 0 radical (unpaired) electrons. The van der Waals surface area contributed by atoms with Crippen molar-refractivity contribution in [3.8, 4) is 0 Å². The van der Waals surface area contributed by atoms with E-state index in [1.807, 2.05) is 0 Å². The van der Waals surface area contributed by atoms with Gasteiger partial charge in [0.1, 0.15) is 0 Å².